The normalized spacial score (nSPS) is 23.2. The van der Waals surface area contributed by atoms with Crippen LogP contribution in [0.2, 0.25) is 0 Å². The second-order valence-electron chi connectivity index (χ2n) is 13.8. The molecule has 0 bridgehead atoms. The van der Waals surface area contributed by atoms with Gasteiger partial charge in [0.2, 0.25) is 11.8 Å². The van der Waals surface area contributed by atoms with Gasteiger partial charge in [-0.2, -0.15) is 0 Å². The van der Waals surface area contributed by atoms with Gasteiger partial charge in [0.05, 0.1) is 25.8 Å². The molecule has 1 aromatic carbocycles. The van der Waals surface area contributed by atoms with E-state index in [4.69, 9.17) is 18.9 Å². The predicted molar refractivity (Wildman–Crippen MR) is 171 cm³/mol. The molecule has 0 radical (unpaired) electrons. The van der Waals surface area contributed by atoms with E-state index in [2.05, 4.69) is 22.2 Å². The summed E-state index contributed by atoms with van der Waals surface area (Å²) >= 11 is 0. The van der Waals surface area contributed by atoms with E-state index in [1.165, 1.54) is 4.90 Å². The number of hydrogen-bond donors (Lipinski definition) is 2. The highest BCUT2D eigenvalue weighted by atomic mass is 16.6. The van der Waals surface area contributed by atoms with Crippen LogP contribution in [0, 0.1) is 11.3 Å². The van der Waals surface area contributed by atoms with Crippen molar-refractivity contribution in [2.24, 2.45) is 11.3 Å². The first kappa shape index (κ1) is 34.5. The van der Waals surface area contributed by atoms with Crippen LogP contribution in [-0.4, -0.2) is 83.3 Å². The van der Waals surface area contributed by atoms with Gasteiger partial charge in [-0.25, -0.2) is 9.59 Å². The van der Waals surface area contributed by atoms with Gasteiger partial charge >= 0.3 is 12.1 Å². The molecule has 12 nitrogen and oxygen atoms in total. The summed E-state index contributed by atoms with van der Waals surface area (Å²) in [5, 5.41) is 6.35. The first-order valence-electron chi connectivity index (χ1n) is 15.5. The largest absolute Gasteiger partial charge is 0.497 e. The summed E-state index contributed by atoms with van der Waals surface area (Å²) in [4.78, 5) is 60.0. The topological polar surface area (TPSA) is 145 Å². The molecular weight excluding hydrogens is 592 g/mol. The quantitative estimate of drug-likeness (QED) is 0.290. The summed E-state index contributed by atoms with van der Waals surface area (Å²) in [6, 6.07) is 5.11. The van der Waals surface area contributed by atoms with Crippen LogP contribution in [0.5, 0.6) is 11.5 Å². The van der Waals surface area contributed by atoms with E-state index < -0.39 is 58.6 Å². The first-order valence-corrected chi connectivity index (χ1v) is 15.5. The van der Waals surface area contributed by atoms with Gasteiger partial charge in [0.15, 0.2) is 0 Å². The van der Waals surface area contributed by atoms with Gasteiger partial charge in [0.25, 0.3) is 0 Å². The number of alkyl carbamates (subject to hydrolysis) is 1. The highest BCUT2D eigenvalue weighted by Crippen LogP contribution is 2.46. The van der Waals surface area contributed by atoms with Crippen molar-refractivity contribution in [3.05, 3.63) is 43.1 Å². The molecule has 3 amide bonds. The summed E-state index contributed by atoms with van der Waals surface area (Å²) in [6.07, 6.45) is 2.37. The van der Waals surface area contributed by atoms with Crippen LogP contribution in [0.1, 0.15) is 61.3 Å². The maximum Gasteiger partial charge on any atom is 0.408 e. The predicted octanol–water partition coefficient (Wildman–Crippen LogP) is 4.16. The third-order valence-electron chi connectivity index (χ3n) is 8.11. The number of aromatic nitrogens is 1. The summed E-state index contributed by atoms with van der Waals surface area (Å²) in [6.45, 7) is 16.3. The summed E-state index contributed by atoms with van der Waals surface area (Å²) < 4.78 is 22.5. The fourth-order valence-electron chi connectivity index (χ4n) is 5.69. The fourth-order valence-corrected chi connectivity index (χ4v) is 5.69. The van der Waals surface area contributed by atoms with Gasteiger partial charge in [-0.3, -0.25) is 14.6 Å². The number of nitrogens with one attached hydrogen (secondary N) is 2. The first-order chi connectivity index (χ1) is 21.5. The molecule has 2 aliphatic rings. The lowest BCUT2D eigenvalue weighted by atomic mass is 9.85. The highest BCUT2D eigenvalue weighted by Gasteiger charge is 2.62. The Bertz CT molecular complexity index is 1500. The van der Waals surface area contributed by atoms with E-state index in [9.17, 15) is 19.2 Å². The van der Waals surface area contributed by atoms with Crippen molar-refractivity contribution in [1.82, 2.24) is 20.5 Å². The number of benzene rings is 1. The minimum Gasteiger partial charge on any atom is -0.497 e. The molecule has 5 atom stereocenters. The second kappa shape index (κ2) is 13.2. The molecule has 46 heavy (non-hydrogen) atoms. The van der Waals surface area contributed by atoms with Crippen LogP contribution < -0.4 is 20.1 Å². The lowest BCUT2D eigenvalue weighted by molar-refractivity contribution is -0.150. The molecule has 0 unspecified atom stereocenters. The Labute approximate surface area is 270 Å². The molecule has 0 spiro atoms. The molecule has 2 fully saturated rings. The van der Waals surface area contributed by atoms with Gasteiger partial charge in [0, 0.05) is 30.0 Å². The van der Waals surface area contributed by atoms with E-state index in [1.54, 1.807) is 65.3 Å². The number of likely N-dealkylation sites (tertiary alicyclic amines) is 1. The van der Waals surface area contributed by atoms with Crippen molar-refractivity contribution < 1.29 is 38.1 Å². The molecule has 1 aliphatic carbocycles. The number of fused-ring (bicyclic) bond motifs is 1. The molecule has 1 aromatic heterocycles. The van der Waals surface area contributed by atoms with Crippen LogP contribution in [-0.2, 0) is 23.9 Å². The number of rotatable bonds is 10. The number of methoxy groups -OCH3 is 1. The summed E-state index contributed by atoms with van der Waals surface area (Å²) in [7, 11) is 1.57. The van der Waals surface area contributed by atoms with E-state index in [-0.39, 0.29) is 25.5 Å². The van der Waals surface area contributed by atoms with Crippen LogP contribution in [0.15, 0.2) is 43.1 Å². The second-order valence-corrected chi connectivity index (χ2v) is 13.8. The highest BCUT2D eigenvalue weighted by molar-refractivity contribution is 5.97. The number of hydrogen-bond acceptors (Lipinski definition) is 9. The summed E-state index contributed by atoms with van der Waals surface area (Å²) in [5.41, 5.74) is -2.12. The van der Waals surface area contributed by atoms with Gasteiger partial charge in [-0.15, -0.1) is 6.58 Å². The third kappa shape index (κ3) is 7.54. The minimum absolute atomic E-state index is 0.0523. The number of nitrogens with zero attached hydrogens (tertiary/aromatic N) is 2. The molecule has 2 heterocycles. The lowest BCUT2D eigenvalue weighted by Gasteiger charge is -2.36. The van der Waals surface area contributed by atoms with E-state index in [0.29, 0.717) is 23.4 Å². The molecule has 1 saturated heterocycles. The zero-order valence-corrected chi connectivity index (χ0v) is 28.0. The lowest BCUT2D eigenvalue weighted by Crippen LogP contribution is -2.59. The molecule has 12 heteroatoms. The number of esters is 1. The average Bonchev–Trinajstić information content (AvgIpc) is 3.53. The van der Waals surface area contributed by atoms with Crippen LogP contribution in [0.3, 0.4) is 0 Å². The number of carbonyl (C=O) groups excluding carboxylic acids is 4. The van der Waals surface area contributed by atoms with Crippen molar-refractivity contribution in [2.45, 2.75) is 90.6 Å². The Kier molecular flexibility index (Phi) is 9.89. The van der Waals surface area contributed by atoms with Crippen LogP contribution in [0.25, 0.3) is 10.9 Å². The monoisotopic (exact) mass is 638 g/mol. The molecule has 250 valence electrons. The van der Waals surface area contributed by atoms with Gasteiger partial charge in [-0.1, -0.05) is 26.8 Å². The smallest absolute Gasteiger partial charge is 0.408 e. The standard InChI is InChI=1S/C34H46N4O8/c1-10-20-18-34(20,30(41)44-11-2)37-28(39)25-17-22(45-26-14-15-35-24-16-21(43-9)12-13-23(24)26)19-38(25)29(40)27(32(3,4)5)36-31(42)46-33(6,7)8/h10,12-16,20,22,25,27H,1,11,17-19H2,2-9H3,(H,36,42)(H,37,39)/t20-,22-,25+,27-,34-/m1/s1. The minimum atomic E-state index is -1.25. The van der Waals surface area contributed by atoms with Crippen molar-refractivity contribution in [3.63, 3.8) is 0 Å². The Morgan fingerprint density at radius 2 is 1.87 bits per heavy atom. The van der Waals surface area contributed by atoms with Crippen LogP contribution in [0.4, 0.5) is 4.79 Å². The molecule has 1 saturated carbocycles. The average molecular weight is 639 g/mol. The maximum absolute atomic E-state index is 14.3. The van der Waals surface area contributed by atoms with Crippen LogP contribution >= 0.6 is 0 Å². The summed E-state index contributed by atoms with van der Waals surface area (Å²) in [5.74, 6) is -0.673. The number of carbonyl (C=O) groups is 4. The van der Waals surface area contributed by atoms with Gasteiger partial charge < -0.3 is 34.5 Å². The Hall–Kier alpha value is -4.35. The third-order valence-corrected chi connectivity index (χ3v) is 8.11. The fraction of sp³-hybridized carbons (Fsp3) is 0.559. The van der Waals surface area contributed by atoms with Gasteiger partial charge in [0.1, 0.15) is 40.8 Å². The molecule has 1 aliphatic heterocycles. The SMILES string of the molecule is C=C[C@@H]1C[C@]1(NC(=O)[C@@H]1C[C@@H](Oc2ccnc3cc(OC)ccc23)CN1C(=O)[C@@H](NC(=O)OC(C)(C)C)C(C)(C)C)C(=O)OCC. The Morgan fingerprint density at radius 1 is 1.15 bits per heavy atom. The molecule has 2 N–H and O–H groups in total. The molecule has 2 aromatic rings. The zero-order chi connectivity index (χ0) is 34.0. The Morgan fingerprint density at radius 3 is 2.46 bits per heavy atom. The van der Waals surface area contributed by atoms with E-state index >= 15 is 0 Å². The number of pyridine rings is 1. The zero-order valence-electron chi connectivity index (χ0n) is 28.0. The Balaban J connectivity index is 1.66. The number of ether oxygens (including phenoxy) is 4. The van der Waals surface area contributed by atoms with Gasteiger partial charge in [-0.05, 0) is 57.7 Å². The maximum atomic E-state index is 14.3. The van der Waals surface area contributed by atoms with Crippen molar-refractivity contribution in [2.75, 3.05) is 20.3 Å². The van der Waals surface area contributed by atoms with E-state index in [1.807, 2.05) is 26.8 Å². The molecular formula is C34H46N4O8. The van der Waals surface area contributed by atoms with Crippen molar-refractivity contribution >= 4 is 34.8 Å². The van der Waals surface area contributed by atoms with E-state index in [0.717, 1.165) is 5.39 Å². The number of amides is 3. The van der Waals surface area contributed by atoms with Crippen molar-refractivity contribution in [3.8, 4) is 11.5 Å². The molecule has 4 rings (SSSR count). The van der Waals surface area contributed by atoms with Crippen molar-refractivity contribution in [1.29, 1.82) is 0 Å².